The van der Waals surface area contributed by atoms with E-state index in [1.54, 1.807) is 6.07 Å². The zero-order valence-corrected chi connectivity index (χ0v) is 17.8. The van der Waals surface area contributed by atoms with Crippen LogP contribution in [0.5, 0.6) is 11.5 Å². The standard InChI is InChI=1S/C21H24N4O4S/c1-11-17(9-26)30-20(23-11)18(21(2,3)22)25-19(27)14-6-5-13(24-14)12-4-7-15-16(8-12)29-10-28-15/h4-8,18,24,26H,9-10,22H2,1-3H3,(H,25,27). The maximum atomic E-state index is 13.0. The average Bonchev–Trinajstić information content (AvgIpc) is 3.43. The summed E-state index contributed by atoms with van der Waals surface area (Å²) in [5.41, 5.74) is 8.41. The van der Waals surface area contributed by atoms with Gasteiger partial charge < -0.3 is 30.6 Å². The Kier molecular flexibility index (Phi) is 5.27. The van der Waals surface area contributed by atoms with Gasteiger partial charge in [0, 0.05) is 16.8 Å². The SMILES string of the molecule is Cc1nc(C(NC(=O)c2ccc(-c3ccc4c(c3)OCO4)[nH]2)C(C)(C)N)sc1CO. The molecule has 0 spiro atoms. The lowest BCUT2D eigenvalue weighted by molar-refractivity contribution is 0.0914. The van der Waals surface area contributed by atoms with Crippen molar-refractivity contribution in [3.63, 3.8) is 0 Å². The van der Waals surface area contributed by atoms with Crippen molar-refractivity contribution in [1.29, 1.82) is 0 Å². The third-order valence-electron chi connectivity index (χ3n) is 4.93. The Morgan fingerprint density at radius 2 is 2.10 bits per heavy atom. The molecule has 30 heavy (non-hydrogen) atoms. The van der Waals surface area contributed by atoms with Crippen molar-refractivity contribution >= 4 is 17.2 Å². The third kappa shape index (κ3) is 3.91. The van der Waals surface area contributed by atoms with E-state index in [-0.39, 0.29) is 19.3 Å². The van der Waals surface area contributed by atoms with Crippen molar-refractivity contribution in [3.05, 3.63) is 51.6 Å². The predicted octanol–water partition coefficient (Wildman–Crippen LogP) is 2.88. The quantitative estimate of drug-likeness (QED) is 0.479. The van der Waals surface area contributed by atoms with Gasteiger partial charge in [-0.1, -0.05) is 0 Å². The fourth-order valence-corrected chi connectivity index (χ4v) is 4.43. The number of rotatable bonds is 6. The third-order valence-corrected chi connectivity index (χ3v) is 6.14. The van der Waals surface area contributed by atoms with E-state index in [9.17, 15) is 9.90 Å². The van der Waals surface area contributed by atoms with Gasteiger partial charge in [0.05, 0.1) is 23.2 Å². The molecule has 158 valence electrons. The number of aliphatic hydroxyl groups is 1. The van der Waals surface area contributed by atoms with Crippen LogP contribution in [0.15, 0.2) is 30.3 Å². The summed E-state index contributed by atoms with van der Waals surface area (Å²) < 4.78 is 10.8. The molecule has 1 amide bonds. The predicted molar refractivity (Wildman–Crippen MR) is 114 cm³/mol. The van der Waals surface area contributed by atoms with E-state index in [0.717, 1.165) is 21.8 Å². The number of hydrogen-bond acceptors (Lipinski definition) is 7. The summed E-state index contributed by atoms with van der Waals surface area (Å²) >= 11 is 1.35. The lowest BCUT2D eigenvalue weighted by Crippen LogP contribution is -2.48. The molecule has 0 fully saturated rings. The molecule has 4 rings (SSSR count). The van der Waals surface area contributed by atoms with E-state index in [0.29, 0.717) is 22.2 Å². The monoisotopic (exact) mass is 428 g/mol. The molecule has 3 aromatic rings. The van der Waals surface area contributed by atoms with Gasteiger partial charge in [-0.05, 0) is 51.1 Å². The van der Waals surface area contributed by atoms with E-state index in [1.807, 2.05) is 45.0 Å². The second-order valence-electron chi connectivity index (χ2n) is 7.80. The molecular formula is C21H24N4O4S. The van der Waals surface area contributed by atoms with Crippen LogP contribution in [-0.2, 0) is 6.61 Å². The molecule has 9 heteroatoms. The molecule has 5 N–H and O–H groups in total. The molecule has 8 nitrogen and oxygen atoms in total. The fourth-order valence-electron chi connectivity index (χ4n) is 3.26. The molecule has 1 aromatic carbocycles. The van der Waals surface area contributed by atoms with Gasteiger partial charge in [0.2, 0.25) is 6.79 Å². The van der Waals surface area contributed by atoms with Crippen molar-refractivity contribution in [1.82, 2.24) is 15.3 Å². The van der Waals surface area contributed by atoms with E-state index < -0.39 is 11.6 Å². The zero-order chi connectivity index (χ0) is 21.5. The molecule has 2 aromatic heterocycles. The van der Waals surface area contributed by atoms with Crippen LogP contribution in [-0.4, -0.2) is 33.3 Å². The van der Waals surface area contributed by atoms with Gasteiger partial charge in [0.15, 0.2) is 11.5 Å². The van der Waals surface area contributed by atoms with E-state index in [2.05, 4.69) is 15.3 Å². The molecule has 1 aliphatic heterocycles. The first-order valence-corrected chi connectivity index (χ1v) is 10.3. The van der Waals surface area contributed by atoms with Crippen molar-refractivity contribution in [2.75, 3.05) is 6.79 Å². The second-order valence-corrected chi connectivity index (χ2v) is 8.92. The summed E-state index contributed by atoms with van der Waals surface area (Å²) in [5, 5.41) is 13.1. The number of nitrogens with one attached hydrogen (secondary N) is 2. The van der Waals surface area contributed by atoms with Crippen LogP contribution in [0.25, 0.3) is 11.3 Å². The number of carbonyl (C=O) groups is 1. The maximum absolute atomic E-state index is 13.0. The summed E-state index contributed by atoms with van der Waals surface area (Å²) in [6.07, 6.45) is 0. The highest BCUT2D eigenvalue weighted by Gasteiger charge is 2.32. The number of carbonyl (C=O) groups excluding carboxylic acids is 1. The largest absolute Gasteiger partial charge is 0.454 e. The maximum Gasteiger partial charge on any atom is 0.268 e. The Balaban J connectivity index is 1.56. The number of ether oxygens (including phenoxy) is 2. The lowest BCUT2D eigenvalue weighted by Gasteiger charge is -2.29. The highest BCUT2D eigenvalue weighted by molar-refractivity contribution is 7.11. The number of H-pyrrole nitrogens is 1. The summed E-state index contributed by atoms with van der Waals surface area (Å²) in [7, 11) is 0. The van der Waals surface area contributed by atoms with E-state index >= 15 is 0 Å². The van der Waals surface area contributed by atoms with Crippen molar-refractivity contribution < 1.29 is 19.4 Å². The summed E-state index contributed by atoms with van der Waals surface area (Å²) in [5.74, 6) is 1.10. The van der Waals surface area contributed by atoms with Crippen molar-refractivity contribution in [2.45, 2.75) is 39.0 Å². The van der Waals surface area contributed by atoms with Crippen LogP contribution in [0.4, 0.5) is 0 Å². The first-order chi connectivity index (χ1) is 14.3. The number of amides is 1. The normalized spacial score (nSPS) is 14.0. The van der Waals surface area contributed by atoms with Gasteiger partial charge in [-0.15, -0.1) is 11.3 Å². The van der Waals surface area contributed by atoms with Crippen LogP contribution in [0, 0.1) is 6.92 Å². The summed E-state index contributed by atoms with van der Waals surface area (Å²) in [6.45, 7) is 5.61. The minimum Gasteiger partial charge on any atom is -0.454 e. The fraction of sp³-hybridized carbons (Fsp3) is 0.333. The van der Waals surface area contributed by atoms with E-state index in [4.69, 9.17) is 15.2 Å². The minimum absolute atomic E-state index is 0.0926. The molecule has 3 heterocycles. The number of aromatic nitrogens is 2. The average molecular weight is 429 g/mol. The van der Waals surface area contributed by atoms with Crippen LogP contribution >= 0.6 is 11.3 Å². The minimum atomic E-state index is -0.751. The number of benzene rings is 1. The van der Waals surface area contributed by atoms with Crippen LogP contribution in [0.2, 0.25) is 0 Å². The van der Waals surface area contributed by atoms with Gasteiger partial charge >= 0.3 is 0 Å². The molecule has 0 aliphatic carbocycles. The Morgan fingerprint density at radius 1 is 1.33 bits per heavy atom. The number of fused-ring (bicyclic) bond motifs is 1. The van der Waals surface area contributed by atoms with Gasteiger partial charge in [0.1, 0.15) is 10.7 Å². The molecule has 0 bridgehead atoms. The number of thiazole rings is 1. The molecule has 0 radical (unpaired) electrons. The molecular weight excluding hydrogens is 404 g/mol. The van der Waals surface area contributed by atoms with Gasteiger partial charge in [-0.3, -0.25) is 4.79 Å². The summed E-state index contributed by atoms with van der Waals surface area (Å²) in [4.78, 5) is 21.4. The van der Waals surface area contributed by atoms with Crippen molar-refractivity contribution in [3.8, 4) is 22.8 Å². The molecule has 0 saturated carbocycles. The van der Waals surface area contributed by atoms with Gasteiger partial charge in [-0.2, -0.15) is 0 Å². The lowest BCUT2D eigenvalue weighted by atomic mass is 9.96. The van der Waals surface area contributed by atoms with Gasteiger partial charge in [-0.25, -0.2) is 4.98 Å². The number of nitrogens with zero attached hydrogens (tertiary/aromatic N) is 1. The highest BCUT2D eigenvalue weighted by Crippen LogP contribution is 2.36. The number of hydrogen-bond donors (Lipinski definition) is 4. The van der Waals surface area contributed by atoms with Crippen LogP contribution < -0.4 is 20.5 Å². The zero-order valence-electron chi connectivity index (χ0n) is 17.0. The van der Waals surface area contributed by atoms with Crippen molar-refractivity contribution in [2.24, 2.45) is 5.73 Å². The topological polar surface area (TPSA) is 122 Å². The Morgan fingerprint density at radius 3 is 2.80 bits per heavy atom. The molecule has 0 saturated heterocycles. The van der Waals surface area contributed by atoms with Crippen LogP contribution in [0.1, 0.15) is 46.0 Å². The molecule has 1 unspecified atom stereocenters. The summed E-state index contributed by atoms with van der Waals surface area (Å²) in [6, 6.07) is 8.67. The van der Waals surface area contributed by atoms with Gasteiger partial charge in [0.25, 0.3) is 5.91 Å². The number of aromatic amines is 1. The Bertz CT molecular complexity index is 1080. The van der Waals surface area contributed by atoms with E-state index in [1.165, 1.54) is 11.3 Å². The number of aryl methyl sites for hydroxylation is 1. The second kappa shape index (κ2) is 7.75. The smallest absolute Gasteiger partial charge is 0.268 e. The van der Waals surface area contributed by atoms with Crippen LogP contribution in [0.3, 0.4) is 0 Å². The Labute approximate surface area is 178 Å². The number of aliphatic hydroxyl groups excluding tert-OH is 1. The number of nitrogens with two attached hydrogens (primary N) is 1. The first-order valence-electron chi connectivity index (χ1n) is 9.52. The molecule has 1 atom stereocenters. The molecule has 1 aliphatic rings. The Hall–Kier alpha value is -2.88. The highest BCUT2D eigenvalue weighted by atomic mass is 32.1. The first kappa shape index (κ1) is 20.4.